The summed E-state index contributed by atoms with van der Waals surface area (Å²) < 4.78 is 5.82. The van der Waals surface area contributed by atoms with Crippen molar-refractivity contribution in [2.75, 3.05) is 6.61 Å². The van der Waals surface area contributed by atoms with Crippen LogP contribution in [0.15, 0.2) is 0 Å². The molecule has 0 spiro atoms. The summed E-state index contributed by atoms with van der Waals surface area (Å²) in [6, 6.07) is 0. The fourth-order valence-electron chi connectivity index (χ4n) is 1.54. The minimum Gasteiger partial charge on any atom is -0.362 e. The van der Waals surface area contributed by atoms with Gasteiger partial charge >= 0.3 is 0 Å². The minimum atomic E-state index is -0.0872. The first kappa shape index (κ1) is 14.5. The zero-order valence-corrected chi connectivity index (χ0v) is 11.1. The van der Waals surface area contributed by atoms with Crippen LogP contribution in [-0.4, -0.2) is 12.2 Å². The van der Waals surface area contributed by atoms with E-state index in [1.807, 2.05) is 0 Å². The van der Waals surface area contributed by atoms with Gasteiger partial charge in [0.25, 0.3) is 0 Å². The van der Waals surface area contributed by atoms with E-state index in [4.69, 9.17) is 11.2 Å². The third-order valence-electron chi connectivity index (χ3n) is 3.57. The van der Waals surface area contributed by atoms with Crippen LogP contribution in [-0.2, 0) is 4.74 Å². The van der Waals surface area contributed by atoms with E-state index in [-0.39, 0.29) is 5.60 Å². The van der Waals surface area contributed by atoms with Crippen molar-refractivity contribution in [3.8, 4) is 12.3 Å². The van der Waals surface area contributed by atoms with Gasteiger partial charge in [-0.25, -0.2) is 0 Å². The Morgan fingerprint density at radius 2 is 1.73 bits per heavy atom. The molecule has 2 atom stereocenters. The van der Waals surface area contributed by atoms with Crippen LogP contribution in [0.25, 0.3) is 0 Å². The maximum atomic E-state index is 5.82. The normalized spacial score (nSPS) is 17.5. The van der Waals surface area contributed by atoms with Gasteiger partial charge in [-0.05, 0) is 31.1 Å². The summed E-state index contributed by atoms with van der Waals surface area (Å²) >= 11 is 0. The summed E-state index contributed by atoms with van der Waals surface area (Å²) in [6.45, 7) is 13.8. The number of hydrogen-bond acceptors (Lipinski definition) is 1. The fraction of sp³-hybridized carbons (Fsp3) is 0.857. The molecule has 0 aliphatic carbocycles. The smallest absolute Gasteiger partial charge is 0.108 e. The molecule has 0 bridgehead atoms. The summed E-state index contributed by atoms with van der Waals surface area (Å²) in [5, 5.41) is 0. The topological polar surface area (TPSA) is 9.23 Å². The third kappa shape index (κ3) is 4.71. The second kappa shape index (κ2) is 6.18. The van der Waals surface area contributed by atoms with E-state index in [1.165, 1.54) is 0 Å². The Hall–Kier alpha value is -0.480. The Bertz CT molecular complexity index is 212. The van der Waals surface area contributed by atoms with E-state index in [0.29, 0.717) is 24.4 Å². The Balaban J connectivity index is 4.45. The monoisotopic (exact) mass is 210 g/mol. The first-order valence-electron chi connectivity index (χ1n) is 5.91. The molecule has 0 heterocycles. The number of hydrogen-bond donors (Lipinski definition) is 0. The van der Waals surface area contributed by atoms with Gasteiger partial charge in [-0.1, -0.05) is 40.5 Å². The highest BCUT2D eigenvalue weighted by atomic mass is 16.5. The van der Waals surface area contributed by atoms with Crippen molar-refractivity contribution in [3.63, 3.8) is 0 Å². The molecule has 0 aromatic heterocycles. The van der Waals surface area contributed by atoms with Gasteiger partial charge in [-0.3, -0.25) is 0 Å². The second-order valence-corrected chi connectivity index (χ2v) is 5.39. The molecule has 0 saturated heterocycles. The molecule has 0 N–H and O–H groups in total. The Kier molecular flexibility index (Phi) is 5.98. The van der Waals surface area contributed by atoms with Crippen LogP contribution < -0.4 is 0 Å². The van der Waals surface area contributed by atoms with E-state index >= 15 is 0 Å². The van der Waals surface area contributed by atoms with Gasteiger partial charge in [0.1, 0.15) is 6.61 Å². The second-order valence-electron chi connectivity index (χ2n) is 5.39. The standard InChI is InChI=1S/C14H26O/c1-8-9-15-14(7,12(4)5)10-13(6)11(2)3/h1,11-13H,9-10H2,2-7H3/t13-,14+/m1/s1. The quantitative estimate of drug-likeness (QED) is 0.607. The van der Waals surface area contributed by atoms with Crippen molar-refractivity contribution in [3.05, 3.63) is 0 Å². The molecule has 88 valence electrons. The van der Waals surface area contributed by atoms with Crippen molar-refractivity contribution >= 4 is 0 Å². The maximum absolute atomic E-state index is 5.82. The molecule has 1 nitrogen and oxygen atoms in total. The molecule has 0 unspecified atom stereocenters. The molecular weight excluding hydrogens is 184 g/mol. The first-order chi connectivity index (χ1) is 6.83. The molecule has 0 radical (unpaired) electrons. The van der Waals surface area contributed by atoms with E-state index in [2.05, 4.69) is 47.5 Å². The van der Waals surface area contributed by atoms with Gasteiger partial charge < -0.3 is 4.74 Å². The lowest BCUT2D eigenvalue weighted by molar-refractivity contribution is -0.0675. The maximum Gasteiger partial charge on any atom is 0.108 e. The zero-order valence-electron chi connectivity index (χ0n) is 11.1. The van der Waals surface area contributed by atoms with Crippen molar-refractivity contribution < 1.29 is 4.74 Å². The summed E-state index contributed by atoms with van der Waals surface area (Å²) in [6.07, 6.45) is 6.32. The van der Waals surface area contributed by atoms with Gasteiger partial charge in [-0.2, -0.15) is 0 Å². The lowest BCUT2D eigenvalue weighted by Gasteiger charge is -2.36. The van der Waals surface area contributed by atoms with Crippen LogP contribution in [0.5, 0.6) is 0 Å². The number of terminal acetylenes is 1. The highest BCUT2D eigenvalue weighted by Gasteiger charge is 2.31. The highest BCUT2D eigenvalue weighted by Crippen LogP contribution is 2.31. The van der Waals surface area contributed by atoms with E-state index in [9.17, 15) is 0 Å². The number of rotatable bonds is 6. The molecule has 0 amide bonds. The van der Waals surface area contributed by atoms with E-state index < -0.39 is 0 Å². The molecule has 0 fully saturated rings. The molecule has 0 aliphatic heterocycles. The van der Waals surface area contributed by atoms with E-state index in [0.717, 1.165) is 6.42 Å². The molecule has 15 heavy (non-hydrogen) atoms. The lowest BCUT2D eigenvalue weighted by atomic mass is 9.80. The van der Waals surface area contributed by atoms with Gasteiger partial charge in [-0.15, -0.1) is 6.42 Å². The zero-order chi connectivity index (χ0) is 12.1. The van der Waals surface area contributed by atoms with Gasteiger partial charge in [0.15, 0.2) is 0 Å². The van der Waals surface area contributed by atoms with Crippen LogP contribution in [0.4, 0.5) is 0 Å². The summed E-state index contributed by atoms with van der Waals surface area (Å²) in [5.74, 6) is 4.41. The largest absolute Gasteiger partial charge is 0.362 e. The van der Waals surface area contributed by atoms with Crippen LogP contribution in [0, 0.1) is 30.1 Å². The Morgan fingerprint density at radius 1 is 1.20 bits per heavy atom. The van der Waals surface area contributed by atoms with Crippen LogP contribution in [0.3, 0.4) is 0 Å². The lowest BCUT2D eigenvalue weighted by Crippen LogP contribution is -2.37. The molecule has 0 aromatic rings. The van der Waals surface area contributed by atoms with Crippen molar-refractivity contribution in [2.24, 2.45) is 17.8 Å². The van der Waals surface area contributed by atoms with Crippen LogP contribution in [0.1, 0.15) is 48.0 Å². The number of ether oxygens (including phenoxy) is 1. The van der Waals surface area contributed by atoms with E-state index in [1.54, 1.807) is 0 Å². The van der Waals surface area contributed by atoms with Crippen molar-refractivity contribution in [2.45, 2.75) is 53.6 Å². The molecule has 0 aliphatic rings. The van der Waals surface area contributed by atoms with Gasteiger partial charge in [0.05, 0.1) is 5.60 Å². The average Bonchev–Trinajstić information content (AvgIpc) is 2.14. The predicted octanol–water partition coefficient (Wildman–Crippen LogP) is 3.73. The average molecular weight is 210 g/mol. The first-order valence-corrected chi connectivity index (χ1v) is 5.91. The fourth-order valence-corrected chi connectivity index (χ4v) is 1.54. The third-order valence-corrected chi connectivity index (χ3v) is 3.57. The van der Waals surface area contributed by atoms with Gasteiger partial charge in [0.2, 0.25) is 0 Å². The van der Waals surface area contributed by atoms with Crippen molar-refractivity contribution in [1.29, 1.82) is 0 Å². The molecule has 0 saturated carbocycles. The van der Waals surface area contributed by atoms with Crippen molar-refractivity contribution in [1.82, 2.24) is 0 Å². The molecule has 0 rings (SSSR count). The summed E-state index contributed by atoms with van der Waals surface area (Å²) in [4.78, 5) is 0. The minimum absolute atomic E-state index is 0.0872. The molecular formula is C14H26O. The highest BCUT2D eigenvalue weighted by molar-refractivity contribution is 4.88. The predicted molar refractivity (Wildman–Crippen MR) is 66.6 cm³/mol. The SMILES string of the molecule is C#CCO[C@@](C)(C[C@@H](C)C(C)C)C(C)C. The summed E-state index contributed by atoms with van der Waals surface area (Å²) in [5.41, 5.74) is -0.0872. The Labute approximate surface area is 95.6 Å². The molecule has 1 heteroatoms. The summed E-state index contributed by atoms with van der Waals surface area (Å²) in [7, 11) is 0. The van der Waals surface area contributed by atoms with Crippen LogP contribution >= 0.6 is 0 Å². The molecule has 0 aromatic carbocycles. The Morgan fingerprint density at radius 3 is 2.07 bits per heavy atom. The van der Waals surface area contributed by atoms with Gasteiger partial charge in [0, 0.05) is 0 Å². The van der Waals surface area contributed by atoms with Crippen LogP contribution in [0.2, 0.25) is 0 Å².